The zero-order chi connectivity index (χ0) is 16.0. The summed E-state index contributed by atoms with van der Waals surface area (Å²) in [4.78, 5) is 14.3. The Bertz CT molecular complexity index is 613. The monoisotopic (exact) mass is 332 g/mol. The summed E-state index contributed by atoms with van der Waals surface area (Å²) >= 11 is 1.86. The summed E-state index contributed by atoms with van der Waals surface area (Å²) < 4.78 is 0. The summed E-state index contributed by atoms with van der Waals surface area (Å²) in [5, 5.41) is 8.27. The van der Waals surface area contributed by atoms with Crippen molar-refractivity contribution in [2.45, 2.75) is 77.3 Å². The molecule has 1 atom stereocenters. The third-order valence-corrected chi connectivity index (χ3v) is 7.58. The molecule has 0 saturated heterocycles. The van der Waals surface area contributed by atoms with Crippen LogP contribution in [-0.4, -0.2) is 11.6 Å². The second-order valence-corrected chi connectivity index (χ2v) is 8.84. The molecule has 0 aromatic carbocycles. The summed E-state index contributed by atoms with van der Waals surface area (Å²) in [6.07, 6.45) is 10.6. The van der Waals surface area contributed by atoms with Crippen molar-refractivity contribution >= 4 is 22.2 Å². The molecule has 3 aliphatic rings. The van der Waals surface area contributed by atoms with Crippen molar-refractivity contribution in [3.8, 4) is 0 Å². The Morgan fingerprint density at radius 3 is 2.52 bits per heavy atom. The van der Waals surface area contributed by atoms with Crippen LogP contribution >= 0.6 is 11.3 Å². The number of hydrogen-bond acceptors (Lipinski definition) is 3. The van der Waals surface area contributed by atoms with Gasteiger partial charge in [0, 0.05) is 4.88 Å². The highest BCUT2D eigenvalue weighted by molar-refractivity contribution is 7.16. The van der Waals surface area contributed by atoms with Crippen LogP contribution in [0.15, 0.2) is 0 Å². The van der Waals surface area contributed by atoms with Crippen molar-refractivity contribution in [2.75, 3.05) is 5.32 Å². The molecule has 1 fully saturated rings. The van der Waals surface area contributed by atoms with Crippen molar-refractivity contribution in [1.29, 1.82) is 0 Å². The van der Waals surface area contributed by atoms with Gasteiger partial charge in [-0.25, -0.2) is 0 Å². The summed E-state index contributed by atoms with van der Waals surface area (Å²) in [5.41, 5.74) is 2.15. The summed E-state index contributed by atoms with van der Waals surface area (Å²) in [6.45, 7) is 4.57. The fourth-order valence-electron chi connectivity index (χ4n) is 4.69. The molecule has 4 rings (SSSR count). The molecule has 1 spiro atoms. The van der Waals surface area contributed by atoms with Gasteiger partial charge in [0.1, 0.15) is 10.7 Å². The van der Waals surface area contributed by atoms with E-state index in [1.165, 1.54) is 49.0 Å². The molecule has 1 aromatic heterocycles. The Balaban J connectivity index is 1.61. The number of anilines is 1. The number of thiophene rings is 1. The molecule has 3 nitrogen and oxygen atoms in total. The molecule has 1 saturated carbocycles. The van der Waals surface area contributed by atoms with Crippen LogP contribution in [0.4, 0.5) is 5.00 Å². The van der Waals surface area contributed by atoms with E-state index >= 15 is 0 Å². The van der Waals surface area contributed by atoms with Crippen LogP contribution in [0.25, 0.3) is 0 Å². The smallest absolute Gasteiger partial charge is 0.256 e. The van der Waals surface area contributed by atoms with Crippen LogP contribution < -0.4 is 10.6 Å². The zero-order valence-electron chi connectivity index (χ0n) is 14.3. The molecular formula is C19H28N2OS. The van der Waals surface area contributed by atoms with E-state index in [2.05, 4.69) is 24.5 Å². The first-order chi connectivity index (χ1) is 11.1. The fourth-order valence-corrected chi connectivity index (χ4v) is 6.15. The van der Waals surface area contributed by atoms with E-state index in [9.17, 15) is 4.79 Å². The van der Waals surface area contributed by atoms with Gasteiger partial charge >= 0.3 is 0 Å². The molecule has 2 heterocycles. The number of amides is 1. The maximum Gasteiger partial charge on any atom is 0.256 e. The molecule has 0 bridgehead atoms. The lowest BCUT2D eigenvalue weighted by Gasteiger charge is -2.44. The van der Waals surface area contributed by atoms with Gasteiger partial charge in [0.2, 0.25) is 0 Å². The normalized spacial score (nSPS) is 32.9. The van der Waals surface area contributed by atoms with Gasteiger partial charge in [-0.15, -0.1) is 11.3 Å². The summed E-state index contributed by atoms with van der Waals surface area (Å²) in [7, 11) is 0. The number of rotatable bonds is 2. The number of carbonyl (C=O) groups is 1. The molecule has 1 unspecified atom stereocenters. The van der Waals surface area contributed by atoms with Crippen molar-refractivity contribution in [3.05, 3.63) is 16.0 Å². The van der Waals surface area contributed by atoms with E-state index in [1.807, 2.05) is 11.3 Å². The first-order valence-corrected chi connectivity index (χ1v) is 10.2. The SMILES string of the molecule is CCC1CCC2(CC1)NC(=O)c1c(sc3c1CCC(CC)C3)N2. The predicted molar refractivity (Wildman–Crippen MR) is 96.2 cm³/mol. The minimum absolute atomic E-state index is 0.173. The Kier molecular flexibility index (Phi) is 3.91. The van der Waals surface area contributed by atoms with Crippen LogP contribution in [0.1, 0.15) is 79.6 Å². The molecule has 1 amide bonds. The lowest BCUT2D eigenvalue weighted by atomic mass is 9.79. The van der Waals surface area contributed by atoms with Gasteiger partial charge in [0.05, 0.1) is 5.56 Å². The van der Waals surface area contributed by atoms with Gasteiger partial charge in [-0.1, -0.05) is 26.7 Å². The predicted octanol–water partition coefficient (Wildman–Crippen LogP) is 4.71. The highest BCUT2D eigenvalue weighted by Gasteiger charge is 2.43. The third-order valence-electron chi connectivity index (χ3n) is 6.41. The van der Waals surface area contributed by atoms with E-state index in [0.29, 0.717) is 0 Å². The van der Waals surface area contributed by atoms with Crippen LogP contribution in [-0.2, 0) is 12.8 Å². The van der Waals surface area contributed by atoms with Gasteiger partial charge in [-0.2, -0.15) is 0 Å². The highest BCUT2D eigenvalue weighted by atomic mass is 32.1. The van der Waals surface area contributed by atoms with Gasteiger partial charge in [0.25, 0.3) is 5.91 Å². The zero-order valence-corrected chi connectivity index (χ0v) is 15.2. The maximum atomic E-state index is 12.8. The lowest BCUT2D eigenvalue weighted by Crippen LogP contribution is -2.58. The largest absolute Gasteiger partial charge is 0.354 e. The maximum absolute atomic E-state index is 12.8. The molecule has 0 radical (unpaired) electrons. The Morgan fingerprint density at radius 2 is 1.83 bits per heavy atom. The molecule has 23 heavy (non-hydrogen) atoms. The number of fused-ring (bicyclic) bond motifs is 3. The number of hydrogen-bond donors (Lipinski definition) is 2. The summed E-state index contributed by atoms with van der Waals surface area (Å²) in [5.74, 6) is 1.82. The minimum atomic E-state index is -0.173. The quantitative estimate of drug-likeness (QED) is 0.823. The molecule has 2 N–H and O–H groups in total. The second-order valence-electron chi connectivity index (χ2n) is 7.74. The molecule has 2 aliphatic carbocycles. The highest BCUT2D eigenvalue weighted by Crippen LogP contribution is 2.45. The van der Waals surface area contributed by atoms with Gasteiger partial charge in [0.15, 0.2) is 0 Å². The van der Waals surface area contributed by atoms with Crippen LogP contribution in [0.2, 0.25) is 0 Å². The van der Waals surface area contributed by atoms with Crippen molar-refractivity contribution in [3.63, 3.8) is 0 Å². The number of carbonyl (C=O) groups excluding carboxylic acids is 1. The molecular weight excluding hydrogens is 304 g/mol. The Labute approximate surface area is 143 Å². The first-order valence-electron chi connectivity index (χ1n) is 9.39. The molecule has 4 heteroatoms. The van der Waals surface area contributed by atoms with Gasteiger partial charge in [-0.3, -0.25) is 4.79 Å². The topological polar surface area (TPSA) is 41.1 Å². The Morgan fingerprint density at radius 1 is 1.09 bits per heavy atom. The first kappa shape index (κ1) is 15.5. The van der Waals surface area contributed by atoms with E-state index in [0.717, 1.165) is 41.7 Å². The third kappa shape index (κ3) is 2.59. The van der Waals surface area contributed by atoms with E-state index in [1.54, 1.807) is 0 Å². The number of nitrogens with one attached hydrogen (secondary N) is 2. The standard InChI is InChI=1S/C19H28N2OS/c1-3-12-7-9-19(10-8-12)20-17(22)16-14-6-5-13(4-2)11-15(14)23-18(16)21-19/h12-13,21H,3-11H2,1-2H3,(H,20,22). The van der Waals surface area contributed by atoms with Gasteiger partial charge in [-0.05, 0) is 62.3 Å². The average molecular weight is 333 g/mol. The van der Waals surface area contributed by atoms with Crippen LogP contribution in [0, 0.1) is 11.8 Å². The van der Waals surface area contributed by atoms with Gasteiger partial charge < -0.3 is 10.6 Å². The molecule has 126 valence electrons. The van der Waals surface area contributed by atoms with E-state index < -0.39 is 0 Å². The van der Waals surface area contributed by atoms with Crippen LogP contribution in [0.5, 0.6) is 0 Å². The molecule has 1 aromatic rings. The molecule has 1 aliphatic heterocycles. The second kappa shape index (κ2) is 5.80. The van der Waals surface area contributed by atoms with Crippen molar-refractivity contribution in [2.24, 2.45) is 11.8 Å². The fraction of sp³-hybridized carbons (Fsp3) is 0.737. The van der Waals surface area contributed by atoms with Crippen molar-refractivity contribution < 1.29 is 4.79 Å². The van der Waals surface area contributed by atoms with E-state index in [-0.39, 0.29) is 11.6 Å². The summed E-state index contributed by atoms with van der Waals surface area (Å²) in [6, 6.07) is 0. The van der Waals surface area contributed by atoms with Crippen molar-refractivity contribution in [1.82, 2.24) is 5.32 Å². The lowest BCUT2D eigenvalue weighted by molar-refractivity contribution is 0.0859. The Hall–Kier alpha value is -1.03. The van der Waals surface area contributed by atoms with Crippen LogP contribution in [0.3, 0.4) is 0 Å². The van der Waals surface area contributed by atoms with E-state index in [4.69, 9.17) is 0 Å². The average Bonchev–Trinajstić information content (AvgIpc) is 2.92. The minimum Gasteiger partial charge on any atom is -0.354 e.